The SMILES string of the molecule is CN(C)C1(C(NN)c2cc(Br)ccc2F)CCCCC1. The number of nitrogens with zero attached hydrogens (tertiary/aromatic N) is 1. The van der Waals surface area contributed by atoms with Crippen LogP contribution in [-0.2, 0) is 0 Å². The number of nitrogens with two attached hydrogens (primary N) is 1. The topological polar surface area (TPSA) is 41.3 Å². The Labute approximate surface area is 128 Å². The highest BCUT2D eigenvalue weighted by atomic mass is 79.9. The highest BCUT2D eigenvalue weighted by Gasteiger charge is 2.43. The van der Waals surface area contributed by atoms with Crippen LogP contribution in [0, 0.1) is 5.82 Å². The molecule has 1 fully saturated rings. The molecule has 0 heterocycles. The second-order valence-corrected chi connectivity index (χ2v) is 6.74. The van der Waals surface area contributed by atoms with Crippen LogP contribution in [0.3, 0.4) is 0 Å². The number of likely N-dealkylation sites (N-methyl/N-ethyl adjacent to an activating group) is 1. The van der Waals surface area contributed by atoms with Crippen LogP contribution in [0.25, 0.3) is 0 Å². The summed E-state index contributed by atoms with van der Waals surface area (Å²) in [6.45, 7) is 0. The van der Waals surface area contributed by atoms with E-state index in [1.54, 1.807) is 6.07 Å². The van der Waals surface area contributed by atoms with Gasteiger partial charge in [0.25, 0.3) is 0 Å². The molecular formula is C15H23BrFN3. The molecule has 1 aliphatic carbocycles. The fourth-order valence-corrected chi connectivity index (χ4v) is 3.81. The summed E-state index contributed by atoms with van der Waals surface area (Å²) in [6, 6.07) is 4.83. The Morgan fingerprint density at radius 2 is 1.95 bits per heavy atom. The highest BCUT2D eigenvalue weighted by Crippen LogP contribution is 2.42. The summed E-state index contributed by atoms with van der Waals surface area (Å²) in [7, 11) is 4.12. The molecule has 1 aromatic carbocycles. The fraction of sp³-hybridized carbons (Fsp3) is 0.600. The van der Waals surface area contributed by atoms with Gasteiger partial charge in [0.15, 0.2) is 0 Å². The minimum absolute atomic E-state index is 0.130. The maximum absolute atomic E-state index is 14.3. The van der Waals surface area contributed by atoms with E-state index < -0.39 is 0 Å². The van der Waals surface area contributed by atoms with E-state index in [0.717, 1.165) is 30.2 Å². The van der Waals surface area contributed by atoms with Crippen LogP contribution < -0.4 is 11.3 Å². The first-order valence-electron chi connectivity index (χ1n) is 7.10. The van der Waals surface area contributed by atoms with E-state index in [2.05, 4.69) is 40.4 Å². The molecule has 1 atom stereocenters. The third kappa shape index (κ3) is 2.91. The number of halogens is 2. The Morgan fingerprint density at radius 1 is 1.30 bits per heavy atom. The Morgan fingerprint density at radius 3 is 2.50 bits per heavy atom. The zero-order valence-corrected chi connectivity index (χ0v) is 13.7. The van der Waals surface area contributed by atoms with Gasteiger partial charge in [-0.15, -0.1) is 0 Å². The van der Waals surface area contributed by atoms with E-state index in [1.807, 2.05) is 6.07 Å². The predicted octanol–water partition coefficient (Wildman–Crippen LogP) is 3.36. The number of hydrogen-bond acceptors (Lipinski definition) is 3. The summed E-state index contributed by atoms with van der Waals surface area (Å²) in [6.07, 6.45) is 5.62. The Bertz CT molecular complexity index is 458. The molecule has 2 rings (SSSR count). The van der Waals surface area contributed by atoms with Crippen LogP contribution in [0.1, 0.15) is 43.7 Å². The molecule has 0 amide bonds. The maximum Gasteiger partial charge on any atom is 0.128 e. The molecule has 112 valence electrons. The van der Waals surface area contributed by atoms with Crippen LogP contribution in [0.15, 0.2) is 22.7 Å². The summed E-state index contributed by atoms with van der Waals surface area (Å²) in [5, 5.41) is 0. The molecule has 0 saturated heterocycles. The molecule has 1 aromatic rings. The fourth-order valence-electron chi connectivity index (χ4n) is 3.43. The number of hydrogen-bond donors (Lipinski definition) is 2. The second-order valence-electron chi connectivity index (χ2n) is 5.82. The van der Waals surface area contributed by atoms with Crippen molar-refractivity contribution in [3.8, 4) is 0 Å². The first kappa shape index (κ1) is 15.9. The highest BCUT2D eigenvalue weighted by molar-refractivity contribution is 9.10. The van der Waals surface area contributed by atoms with Crippen molar-refractivity contribution < 1.29 is 4.39 Å². The first-order chi connectivity index (χ1) is 9.51. The molecule has 0 spiro atoms. The van der Waals surface area contributed by atoms with Crippen molar-refractivity contribution in [2.24, 2.45) is 5.84 Å². The van der Waals surface area contributed by atoms with Crippen molar-refractivity contribution in [2.75, 3.05) is 14.1 Å². The Kier molecular flexibility index (Phi) is 5.18. The van der Waals surface area contributed by atoms with Gasteiger partial charge in [0.05, 0.1) is 6.04 Å². The summed E-state index contributed by atoms with van der Waals surface area (Å²) in [4.78, 5) is 2.21. The van der Waals surface area contributed by atoms with Gasteiger partial charge in [-0.05, 0) is 45.1 Å². The van der Waals surface area contributed by atoms with Crippen molar-refractivity contribution >= 4 is 15.9 Å². The minimum Gasteiger partial charge on any atom is -0.302 e. The van der Waals surface area contributed by atoms with Crippen LogP contribution in [0.2, 0.25) is 0 Å². The van der Waals surface area contributed by atoms with E-state index in [1.165, 1.54) is 12.5 Å². The van der Waals surface area contributed by atoms with E-state index in [4.69, 9.17) is 5.84 Å². The average molecular weight is 344 g/mol. The zero-order chi connectivity index (χ0) is 14.8. The molecule has 20 heavy (non-hydrogen) atoms. The molecular weight excluding hydrogens is 321 g/mol. The predicted molar refractivity (Wildman–Crippen MR) is 83.7 cm³/mol. The molecule has 0 bridgehead atoms. The van der Waals surface area contributed by atoms with Crippen molar-refractivity contribution in [1.29, 1.82) is 0 Å². The van der Waals surface area contributed by atoms with Crippen molar-refractivity contribution in [2.45, 2.75) is 43.7 Å². The molecule has 3 N–H and O–H groups in total. The molecule has 1 unspecified atom stereocenters. The average Bonchev–Trinajstić information content (AvgIpc) is 2.44. The molecule has 1 aliphatic rings. The third-order valence-electron chi connectivity index (χ3n) is 4.58. The smallest absolute Gasteiger partial charge is 0.128 e. The lowest BCUT2D eigenvalue weighted by molar-refractivity contribution is 0.0550. The molecule has 1 saturated carbocycles. The zero-order valence-electron chi connectivity index (χ0n) is 12.1. The van der Waals surface area contributed by atoms with Gasteiger partial charge in [0, 0.05) is 15.6 Å². The largest absolute Gasteiger partial charge is 0.302 e. The monoisotopic (exact) mass is 343 g/mol. The number of hydrazine groups is 1. The lowest BCUT2D eigenvalue weighted by Crippen LogP contribution is -2.56. The number of benzene rings is 1. The van der Waals surface area contributed by atoms with Crippen LogP contribution >= 0.6 is 15.9 Å². The van der Waals surface area contributed by atoms with Gasteiger partial charge in [-0.2, -0.15) is 0 Å². The summed E-state index contributed by atoms with van der Waals surface area (Å²) in [5.74, 6) is 5.61. The lowest BCUT2D eigenvalue weighted by Gasteiger charge is -2.48. The second kappa shape index (κ2) is 6.52. The standard InChI is InChI=1S/C15H23BrFN3/c1-20(2)15(8-4-3-5-9-15)14(19-18)12-10-11(16)6-7-13(12)17/h6-7,10,14,19H,3-5,8-9,18H2,1-2H3. The van der Waals surface area contributed by atoms with E-state index in [-0.39, 0.29) is 17.4 Å². The maximum atomic E-state index is 14.3. The first-order valence-corrected chi connectivity index (χ1v) is 7.89. The number of nitrogens with one attached hydrogen (secondary N) is 1. The van der Waals surface area contributed by atoms with E-state index >= 15 is 0 Å². The molecule has 0 radical (unpaired) electrons. The van der Waals surface area contributed by atoms with Crippen LogP contribution in [0.4, 0.5) is 4.39 Å². The molecule has 0 aliphatic heterocycles. The quantitative estimate of drug-likeness (QED) is 0.650. The van der Waals surface area contributed by atoms with Crippen molar-refractivity contribution in [3.63, 3.8) is 0 Å². The molecule has 5 heteroatoms. The van der Waals surface area contributed by atoms with E-state index in [0.29, 0.717) is 5.56 Å². The van der Waals surface area contributed by atoms with Gasteiger partial charge >= 0.3 is 0 Å². The summed E-state index contributed by atoms with van der Waals surface area (Å²) >= 11 is 3.42. The van der Waals surface area contributed by atoms with Gasteiger partial charge in [-0.1, -0.05) is 35.2 Å². The van der Waals surface area contributed by atoms with E-state index in [9.17, 15) is 4.39 Å². The minimum atomic E-state index is -0.213. The molecule has 3 nitrogen and oxygen atoms in total. The third-order valence-corrected chi connectivity index (χ3v) is 5.08. The molecule has 0 aromatic heterocycles. The Hall–Kier alpha value is -0.490. The Balaban J connectivity index is 2.45. The van der Waals surface area contributed by atoms with Gasteiger partial charge in [-0.3, -0.25) is 11.3 Å². The summed E-state index contributed by atoms with van der Waals surface area (Å²) < 4.78 is 15.1. The number of rotatable bonds is 4. The normalized spacial score (nSPS) is 20.1. The van der Waals surface area contributed by atoms with Gasteiger partial charge in [-0.25, -0.2) is 4.39 Å². The van der Waals surface area contributed by atoms with Gasteiger partial charge in [0.2, 0.25) is 0 Å². The van der Waals surface area contributed by atoms with Gasteiger partial charge < -0.3 is 4.90 Å². The van der Waals surface area contributed by atoms with Crippen LogP contribution in [-0.4, -0.2) is 24.5 Å². The summed E-state index contributed by atoms with van der Waals surface area (Å²) in [5.41, 5.74) is 3.38. The van der Waals surface area contributed by atoms with Gasteiger partial charge in [0.1, 0.15) is 5.82 Å². The van der Waals surface area contributed by atoms with Crippen molar-refractivity contribution in [1.82, 2.24) is 10.3 Å². The van der Waals surface area contributed by atoms with Crippen molar-refractivity contribution in [3.05, 3.63) is 34.1 Å². The lowest BCUT2D eigenvalue weighted by atomic mass is 9.73. The van der Waals surface area contributed by atoms with Crippen LogP contribution in [0.5, 0.6) is 0 Å².